The average Bonchev–Trinajstić information content (AvgIpc) is 2.79. The second-order valence-electron chi connectivity index (χ2n) is 6.46. The van der Waals surface area contributed by atoms with Crippen molar-refractivity contribution in [2.75, 3.05) is 17.7 Å². The number of amides is 1. The summed E-state index contributed by atoms with van der Waals surface area (Å²) in [5.41, 5.74) is 2.90. The van der Waals surface area contributed by atoms with Crippen LogP contribution in [0.15, 0.2) is 79.1 Å². The summed E-state index contributed by atoms with van der Waals surface area (Å²) in [6.07, 6.45) is 3.18. The summed E-state index contributed by atoms with van der Waals surface area (Å²) in [6.45, 7) is 0. The number of methoxy groups -OCH3 is 1. The van der Waals surface area contributed by atoms with E-state index in [1.807, 2.05) is 36.4 Å². The van der Waals surface area contributed by atoms with Gasteiger partial charge in [-0.3, -0.25) is 9.78 Å². The van der Waals surface area contributed by atoms with E-state index in [1.165, 1.54) is 13.3 Å². The summed E-state index contributed by atoms with van der Waals surface area (Å²) < 4.78 is 4.73. The number of anilines is 3. The van der Waals surface area contributed by atoms with Gasteiger partial charge in [-0.05, 0) is 42.5 Å². The van der Waals surface area contributed by atoms with E-state index in [2.05, 4.69) is 20.6 Å². The Kier molecular flexibility index (Phi) is 5.34. The Balaban J connectivity index is 1.48. The molecule has 2 heterocycles. The maximum Gasteiger partial charge on any atom is 0.337 e. The lowest BCUT2D eigenvalue weighted by molar-refractivity contribution is 0.0600. The zero-order chi connectivity index (χ0) is 20.9. The highest BCUT2D eigenvalue weighted by Gasteiger charge is 2.10. The van der Waals surface area contributed by atoms with Crippen LogP contribution in [0, 0.1) is 0 Å². The third-order valence-corrected chi connectivity index (χ3v) is 4.46. The molecule has 1 amide bonds. The van der Waals surface area contributed by atoms with Crippen molar-refractivity contribution < 1.29 is 14.3 Å². The van der Waals surface area contributed by atoms with Crippen LogP contribution in [0.5, 0.6) is 0 Å². The molecule has 0 aliphatic heterocycles. The number of carbonyl (C=O) groups excluding carboxylic acids is 2. The Labute approximate surface area is 172 Å². The minimum absolute atomic E-state index is 0.278. The standard InChI is InChI=1S/C23H18N4O3/c1-30-23(29)16-6-2-8-18(13-16)26-20-11-10-17(14-25-20)22(28)27-19-9-3-5-15-7-4-12-24-21(15)19/h2-14H,1H3,(H,25,26)(H,27,28). The van der Waals surface area contributed by atoms with Gasteiger partial charge in [-0.2, -0.15) is 0 Å². The van der Waals surface area contributed by atoms with Crippen LogP contribution in [0.4, 0.5) is 17.2 Å². The minimum atomic E-state index is -0.415. The predicted molar refractivity (Wildman–Crippen MR) is 115 cm³/mol. The Bertz CT molecular complexity index is 1220. The molecule has 30 heavy (non-hydrogen) atoms. The molecule has 0 spiro atoms. The van der Waals surface area contributed by atoms with Crippen LogP contribution in [0.3, 0.4) is 0 Å². The number of nitrogens with one attached hydrogen (secondary N) is 2. The van der Waals surface area contributed by atoms with Gasteiger partial charge >= 0.3 is 5.97 Å². The van der Waals surface area contributed by atoms with Crippen molar-refractivity contribution in [1.29, 1.82) is 0 Å². The van der Waals surface area contributed by atoms with Crippen molar-refractivity contribution in [3.63, 3.8) is 0 Å². The number of nitrogens with zero attached hydrogens (tertiary/aromatic N) is 2. The monoisotopic (exact) mass is 398 g/mol. The number of hydrogen-bond donors (Lipinski definition) is 2. The molecule has 0 aliphatic rings. The first kappa shape index (κ1) is 19.1. The van der Waals surface area contributed by atoms with Gasteiger partial charge in [0, 0.05) is 23.5 Å². The Hall–Kier alpha value is -4.26. The predicted octanol–water partition coefficient (Wildman–Crippen LogP) is 4.41. The second-order valence-corrected chi connectivity index (χ2v) is 6.46. The molecule has 2 N–H and O–H groups in total. The molecule has 2 aromatic carbocycles. The van der Waals surface area contributed by atoms with Crippen LogP contribution in [0.1, 0.15) is 20.7 Å². The van der Waals surface area contributed by atoms with Gasteiger partial charge in [0.15, 0.2) is 0 Å². The van der Waals surface area contributed by atoms with E-state index >= 15 is 0 Å². The third-order valence-electron chi connectivity index (χ3n) is 4.46. The van der Waals surface area contributed by atoms with Crippen LogP contribution >= 0.6 is 0 Å². The van der Waals surface area contributed by atoms with Crippen molar-refractivity contribution in [1.82, 2.24) is 9.97 Å². The van der Waals surface area contributed by atoms with E-state index in [0.29, 0.717) is 28.3 Å². The molecule has 0 unspecified atom stereocenters. The number of para-hydroxylation sites is 1. The van der Waals surface area contributed by atoms with Crippen LogP contribution in [0.2, 0.25) is 0 Å². The average molecular weight is 398 g/mol. The molecule has 0 bridgehead atoms. The summed E-state index contributed by atoms with van der Waals surface area (Å²) in [4.78, 5) is 32.9. The van der Waals surface area contributed by atoms with Crippen LogP contribution < -0.4 is 10.6 Å². The number of pyridine rings is 2. The first-order valence-corrected chi connectivity index (χ1v) is 9.20. The van der Waals surface area contributed by atoms with E-state index < -0.39 is 5.97 Å². The quantitative estimate of drug-likeness (QED) is 0.484. The van der Waals surface area contributed by atoms with E-state index in [0.717, 1.165) is 10.9 Å². The van der Waals surface area contributed by atoms with Gasteiger partial charge < -0.3 is 15.4 Å². The van der Waals surface area contributed by atoms with Gasteiger partial charge in [0.1, 0.15) is 5.82 Å². The highest BCUT2D eigenvalue weighted by atomic mass is 16.5. The molecule has 4 rings (SSSR count). The fourth-order valence-corrected chi connectivity index (χ4v) is 2.99. The van der Waals surface area contributed by atoms with E-state index in [1.54, 1.807) is 36.5 Å². The smallest absolute Gasteiger partial charge is 0.337 e. The van der Waals surface area contributed by atoms with E-state index in [4.69, 9.17) is 4.74 Å². The molecule has 7 nitrogen and oxygen atoms in total. The Morgan fingerprint density at radius 1 is 0.900 bits per heavy atom. The molecule has 0 radical (unpaired) electrons. The number of aromatic nitrogens is 2. The fourth-order valence-electron chi connectivity index (χ4n) is 2.99. The fraction of sp³-hybridized carbons (Fsp3) is 0.0435. The van der Waals surface area contributed by atoms with Gasteiger partial charge in [0.25, 0.3) is 5.91 Å². The molecule has 4 aromatic rings. The van der Waals surface area contributed by atoms with Crippen molar-refractivity contribution in [2.45, 2.75) is 0 Å². The number of carbonyl (C=O) groups is 2. The minimum Gasteiger partial charge on any atom is -0.465 e. The Morgan fingerprint density at radius 2 is 1.73 bits per heavy atom. The van der Waals surface area contributed by atoms with Gasteiger partial charge in [-0.25, -0.2) is 9.78 Å². The lowest BCUT2D eigenvalue weighted by atomic mass is 10.2. The number of ether oxygens (including phenoxy) is 1. The maximum absolute atomic E-state index is 12.6. The topological polar surface area (TPSA) is 93.2 Å². The molecular weight excluding hydrogens is 380 g/mol. The highest BCUT2D eigenvalue weighted by molar-refractivity contribution is 6.08. The van der Waals surface area contributed by atoms with Gasteiger partial charge in [-0.1, -0.05) is 24.3 Å². The SMILES string of the molecule is COC(=O)c1cccc(Nc2ccc(C(=O)Nc3cccc4cccnc34)cn2)c1. The van der Waals surface area contributed by atoms with Crippen molar-refractivity contribution in [3.8, 4) is 0 Å². The van der Waals surface area contributed by atoms with Crippen LogP contribution in [-0.2, 0) is 4.74 Å². The summed E-state index contributed by atoms with van der Waals surface area (Å²) in [5.74, 6) is -0.151. The lowest BCUT2D eigenvalue weighted by Crippen LogP contribution is -2.13. The number of benzene rings is 2. The summed E-state index contributed by atoms with van der Waals surface area (Å²) in [7, 11) is 1.34. The van der Waals surface area contributed by atoms with Gasteiger partial charge in [-0.15, -0.1) is 0 Å². The van der Waals surface area contributed by atoms with Crippen molar-refractivity contribution in [3.05, 3.63) is 90.3 Å². The first-order valence-electron chi connectivity index (χ1n) is 9.20. The second kappa shape index (κ2) is 8.40. The molecule has 0 atom stereocenters. The molecule has 0 saturated heterocycles. The van der Waals surface area contributed by atoms with E-state index in [-0.39, 0.29) is 5.91 Å². The van der Waals surface area contributed by atoms with E-state index in [9.17, 15) is 9.59 Å². The van der Waals surface area contributed by atoms with Crippen LogP contribution in [0.25, 0.3) is 10.9 Å². The van der Waals surface area contributed by atoms with Crippen LogP contribution in [-0.4, -0.2) is 29.0 Å². The first-order chi connectivity index (χ1) is 14.6. The summed E-state index contributed by atoms with van der Waals surface area (Å²) in [5, 5.41) is 6.93. The molecule has 148 valence electrons. The maximum atomic E-state index is 12.6. The summed E-state index contributed by atoms with van der Waals surface area (Å²) >= 11 is 0. The number of hydrogen-bond acceptors (Lipinski definition) is 6. The summed E-state index contributed by atoms with van der Waals surface area (Å²) in [6, 6.07) is 19.7. The Morgan fingerprint density at radius 3 is 2.53 bits per heavy atom. The molecule has 2 aromatic heterocycles. The zero-order valence-corrected chi connectivity index (χ0v) is 16.1. The molecule has 7 heteroatoms. The number of esters is 1. The molecular formula is C23H18N4O3. The largest absolute Gasteiger partial charge is 0.465 e. The van der Waals surface area contributed by atoms with Crippen molar-refractivity contribution >= 4 is 40.0 Å². The molecule has 0 aliphatic carbocycles. The number of fused-ring (bicyclic) bond motifs is 1. The third kappa shape index (κ3) is 4.10. The molecule has 0 fully saturated rings. The zero-order valence-electron chi connectivity index (χ0n) is 16.1. The molecule has 0 saturated carbocycles. The van der Waals surface area contributed by atoms with Gasteiger partial charge in [0.05, 0.1) is 29.4 Å². The number of rotatable bonds is 5. The lowest BCUT2D eigenvalue weighted by Gasteiger charge is -2.09. The van der Waals surface area contributed by atoms with Gasteiger partial charge in [0.2, 0.25) is 0 Å². The normalized spacial score (nSPS) is 10.4. The van der Waals surface area contributed by atoms with Crippen molar-refractivity contribution in [2.24, 2.45) is 0 Å². The highest BCUT2D eigenvalue weighted by Crippen LogP contribution is 2.22.